The maximum absolute atomic E-state index is 11.6. The number of carbonyl (C=O) groups is 1. The van der Waals surface area contributed by atoms with E-state index in [2.05, 4.69) is 45.9 Å². The minimum atomic E-state index is -0.0552. The summed E-state index contributed by atoms with van der Waals surface area (Å²) < 4.78 is 6.39. The van der Waals surface area contributed by atoms with Crippen LogP contribution in [-0.2, 0) is 17.8 Å². The molecule has 5 rings (SSSR count). The fourth-order valence-corrected chi connectivity index (χ4v) is 4.33. The van der Waals surface area contributed by atoms with Gasteiger partial charge >= 0.3 is 0 Å². The first-order chi connectivity index (χ1) is 14.2. The van der Waals surface area contributed by atoms with Gasteiger partial charge in [-0.1, -0.05) is 12.1 Å². The lowest BCUT2D eigenvalue weighted by Crippen LogP contribution is -2.25. The van der Waals surface area contributed by atoms with E-state index in [0.29, 0.717) is 13.0 Å². The largest absolute Gasteiger partial charge is 0.490 e. The SMILES string of the molecule is C[C@@H](Oc1cc(-c2ccc3c(c2)CNCC3)cc2ncccc12)C1CNC(=O)C1. The summed E-state index contributed by atoms with van der Waals surface area (Å²) in [5.41, 5.74) is 5.99. The van der Waals surface area contributed by atoms with Crippen LogP contribution in [0, 0.1) is 5.92 Å². The Morgan fingerprint density at radius 3 is 2.93 bits per heavy atom. The first-order valence-corrected chi connectivity index (χ1v) is 10.3. The third kappa shape index (κ3) is 3.58. The standard InChI is InChI=1S/C24H25N3O2/c1-15(19-12-24(28)27-14-19)29-23-11-18(10-22-21(23)3-2-7-26-22)17-5-4-16-6-8-25-13-20(16)9-17/h2-5,7,9-11,15,19,25H,6,8,12-14H2,1H3,(H,27,28)/t15-,19?/m1/s1. The van der Waals surface area contributed by atoms with E-state index in [1.807, 2.05) is 25.3 Å². The average molecular weight is 387 g/mol. The monoisotopic (exact) mass is 387 g/mol. The molecule has 2 atom stereocenters. The summed E-state index contributed by atoms with van der Waals surface area (Å²) in [6.07, 6.45) is 3.36. The van der Waals surface area contributed by atoms with Crippen LogP contribution in [0.5, 0.6) is 5.75 Å². The fraction of sp³-hybridized carbons (Fsp3) is 0.333. The van der Waals surface area contributed by atoms with Crippen LogP contribution >= 0.6 is 0 Å². The van der Waals surface area contributed by atoms with E-state index in [1.165, 1.54) is 16.7 Å². The molecule has 3 aromatic rings. The van der Waals surface area contributed by atoms with E-state index in [4.69, 9.17) is 4.74 Å². The van der Waals surface area contributed by atoms with Gasteiger partial charge in [0, 0.05) is 37.0 Å². The fourth-order valence-electron chi connectivity index (χ4n) is 4.33. The Kier molecular flexibility index (Phi) is 4.68. The van der Waals surface area contributed by atoms with Gasteiger partial charge in [0.25, 0.3) is 0 Å². The molecule has 1 amide bonds. The van der Waals surface area contributed by atoms with Crippen molar-refractivity contribution in [3.8, 4) is 16.9 Å². The lowest BCUT2D eigenvalue weighted by Gasteiger charge is -2.22. The number of fused-ring (bicyclic) bond motifs is 2. The number of hydrogen-bond donors (Lipinski definition) is 2. The van der Waals surface area contributed by atoms with Gasteiger partial charge in [0.2, 0.25) is 5.91 Å². The Labute approximate surface area is 170 Å². The van der Waals surface area contributed by atoms with Gasteiger partial charge in [0.05, 0.1) is 5.52 Å². The highest BCUT2D eigenvalue weighted by molar-refractivity contribution is 5.90. The van der Waals surface area contributed by atoms with E-state index in [9.17, 15) is 4.79 Å². The summed E-state index contributed by atoms with van der Waals surface area (Å²) in [7, 11) is 0. The highest BCUT2D eigenvalue weighted by Gasteiger charge is 2.28. The number of pyridine rings is 1. The smallest absolute Gasteiger partial charge is 0.220 e. The summed E-state index contributed by atoms with van der Waals surface area (Å²) in [5.74, 6) is 1.12. The Morgan fingerprint density at radius 2 is 2.07 bits per heavy atom. The minimum absolute atomic E-state index is 0.0552. The van der Waals surface area contributed by atoms with E-state index in [-0.39, 0.29) is 17.9 Å². The van der Waals surface area contributed by atoms with Crippen LogP contribution in [0.25, 0.3) is 22.0 Å². The number of benzene rings is 2. The maximum Gasteiger partial charge on any atom is 0.220 e. The van der Waals surface area contributed by atoms with Crippen molar-refractivity contribution in [2.45, 2.75) is 32.4 Å². The van der Waals surface area contributed by atoms with Gasteiger partial charge < -0.3 is 15.4 Å². The van der Waals surface area contributed by atoms with Gasteiger partial charge in [0.1, 0.15) is 11.9 Å². The number of aromatic nitrogens is 1. The summed E-state index contributed by atoms with van der Waals surface area (Å²) >= 11 is 0. The van der Waals surface area contributed by atoms with Gasteiger partial charge in [-0.2, -0.15) is 0 Å². The molecule has 0 radical (unpaired) electrons. The van der Waals surface area contributed by atoms with Crippen LogP contribution in [0.3, 0.4) is 0 Å². The molecule has 1 aromatic heterocycles. The second-order valence-corrected chi connectivity index (χ2v) is 8.05. The maximum atomic E-state index is 11.6. The predicted octanol–water partition coefficient (Wildman–Crippen LogP) is 3.45. The molecular formula is C24H25N3O2. The molecule has 2 aromatic carbocycles. The minimum Gasteiger partial charge on any atom is -0.490 e. The summed E-state index contributed by atoms with van der Waals surface area (Å²) in [6.45, 7) is 4.68. The number of nitrogens with zero attached hydrogens (tertiary/aromatic N) is 1. The lowest BCUT2D eigenvalue weighted by molar-refractivity contribution is -0.119. The van der Waals surface area contributed by atoms with E-state index in [1.54, 1.807) is 0 Å². The second-order valence-electron chi connectivity index (χ2n) is 8.05. The summed E-state index contributed by atoms with van der Waals surface area (Å²) in [6, 6.07) is 14.9. The third-order valence-corrected chi connectivity index (χ3v) is 6.09. The average Bonchev–Trinajstić information content (AvgIpc) is 3.20. The third-order valence-electron chi connectivity index (χ3n) is 6.09. The molecule has 5 heteroatoms. The Morgan fingerprint density at radius 1 is 1.14 bits per heavy atom. The number of ether oxygens (including phenoxy) is 1. The van der Waals surface area contributed by atoms with E-state index in [0.717, 1.165) is 41.7 Å². The van der Waals surface area contributed by atoms with Crippen molar-refractivity contribution in [3.05, 3.63) is 59.8 Å². The van der Waals surface area contributed by atoms with Gasteiger partial charge in [-0.05, 0) is 72.5 Å². The van der Waals surface area contributed by atoms with Crippen molar-refractivity contribution in [2.24, 2.45) is 5.92 Å². The molecule has 29 heavy (non-hydrogen) atoms. The van der Waals surface area contributed by atoms with Crippen LogP contribution in [0.1, 0.15) is 24.5 Å². The molecule has 1 saturated heterocycles. The van der Waals surface area contributed by atoms with Crippen LogP contribution in [0.4, 0.5) is 0 Å². The molecular weight excluding hydrogens is 362 g/mol. The Balaban J connectivity index is 1.53. The zero-order chi connectivity index (χ0) is 19.8. The van der Waals surface area contributed by atoms with Crippen LogP contribution in [0.2, 0.25) is 0 Å². The normalized spacial score (nSPS) is 19.6. The van der Waals surface area contributed by atoms with Gasteiger partial charge in [-0.15, -0.1) is 0 Å². The highest BCUT2D eigenvalue weighted by atomic mass is 16.5. The lowest BCUT2D eigenvalue weighted by atomic mass is 9.95. The highest BCUT2D eigenvalue weighted by Crippen LogP contribution is 2.34. The first-order valence-electron chi connectivity index (χ1n) is 10.3. The molecule has 0 saturated carbocycles. The molecule has 1 fully saturated rings. The molecule has 2 aliphatic heterocycles. The van der Waals surface area contributed by atoms with Crippen LogP contribution in [0.15, 0.2) is 48.7 Å². The van der Waals surface area contributed by atoms with Crippen molar-refractivity contribution in [3.63, 3.8) is 0 Å². The quantitative estimate of drug-likeness (QED) is 0.720. The molecule has 2 N–H and O–H groups in total. The molecule has 3 heterocycles. The zero-order valence-electron chi connectivity index (χ0n) is 16.6. The van der Waals surface area contributed by atoms with Gasteiger partial charge in [-0.3, -0.25) is 9.78 Å². The predicted molar refractivity (Wildman–Crippen MR) is 114 cm³/mol. The molecule has 0 aliphatic carbocycles. The van der Waals surface area contributed by atoms with E-state index >= 15 is 0 Å². The second kappa shape index (κ2) is 7.48. The van der Waals surface area contributed by atoms with Crippen molar-refractivity contribution < 1.29 is 9.53 Å². The number of rotatable bonds is 4. The molecule has 0 bridgehead atoms. The Hall–Kier alpha value is -2.92. The summed E-state index contributed by atoms with van der Waals surface area (Å²) in [4.78, 5) is 16.2. The number of hydrogen-bond acceptors (Lipinski definition) is 4. The topological polar surface area (TPSA) is 63.2 Å². The Bertz CT molecular complexity index is 1080. The van der Waals surface area contributed by atoms with E-state index < -0.39 is 0 Å². The number of carbonyl (C=O) groups excluding carboxylic acids is 1. The molecule has 1 unspecified atom stereocenters. The van der Waals surface area contributed by atoms with Gasteiger partial charge in [-0.25, -0.2) is 0 Å². The number of nitrogens with one attached hydrogen (secondary N) is 2. The zero-order valence-corrected chi connectivity index (χ0v) is 16.6. The van der Waals surface area contributed by atoms with Gasteiger partial charge in [0.15, 0.2) is 0 Å². The molecule has 0 spiro atoms. The molecule has 148 valence electrons. The molecule has 5 nitrogen and oxygen atoms in total. The van der Waals surface area contributed by atoms with Crippen LogP contribution in [-0.4, -0.2) is 30.1 Å². The number of amides is 1. The van der Waals surface area contributed by atoms with Crippen LogP contribution < -0.4 is 15.4 Å². The van der Waals surface area contributed by atoms with Crippen molar-refractivity contribution >= 4 is 16.8 Å². The summed E-state index contributed by atoms with van der Waals surface area (Å²) in [5, 5.41) is 7.35. The molecule has 2 aliphatic rings. The first kappa shape index (κ1) is 18.1. The van der Waals surface area contributed by atoms with Crippen molar-refractivity contribution in [1.82, 2.24) is 15.6 Å². The van der Waals surface area contributed by atoms with Crippen molar-refractivity contribution in [1.29, 1.82) is 0 Å². The van der Waals surface area contributed by atoms with Crippen molar-refractivity contribution in [2.75, 3.05) is 13.1 Å².